The van der Waals surface area contributed by atoms with Crippen LogP contribution in [0.3, 0.4) is 0 Å². The van der Waals surface area contributed by atoms with Gasteiger partial charge < -0.3 is 26.4 Å². The van der Waals surface area contributed by atoms with Crippen LogP contribution in [0.2, 0.25) is 0 Å². The Morgan fingerprint density at radius 3 is 2.30 bits per heavy atom. The molecule has 0 aromatic heterocycles. The minimum atomic E-state index is -0.555. The predicted molar refractivity (Wildman–Crippen MR) is 120 cm³/mol. The molecule has 5 N–H and O–H groups in total. The average molecular weight is 420 g/mol. The number of guanidine groups is 1. The van der Waals surface area contributed by atoms with E-state index < -0.39 is 23.1 Å². The van der Waals surface area contributed by atoms with Crippen LogP contribution in [0.15, 0.2) is 29.3 Å². The number of hydrogen-bond donors (Lipinski definition) is 4. The van der Waals surface area contributed by atoms with Crippen LogP contribution in [-0.2, 0) is 11.3 Å². The van der Waals surface area contributed by atoms with Gasteiger partial charge in [-0.1, -0.05) is 26.0 Å². The van der Waals surface area contributed by atoms with Crippen LogP contribution in [0, 0.1) is 0 Å². The maximum Gasteiger partial charge on any atom is 0.408 e. The molecule has 0 bridgehead atoms. The van der Waals surface area contributed by atoms with Crippen molar-refractivity contribution in [1.82, 2.24) is 16.0 Å². The molecule has 0 unspecified atom stereocenters. The van der Waals surface area contributed by atoms with Crippen molar-refractivity contribution in [2.45, 2.75) is 72.1 Å². The fraction of sp³-hybridized carbons (Fsp3) is 0.591. The molecule has 0 atom stereocenters. The van der Waals surface area contributed by atoms with Gasteiger partial charge in [0.05, 0.1) is 12.1 Å². The minimum absolute atomic E-state index is 0.390. The second kappa shape index (κ2) is 11.4. The molecule has 0 spiro atoms. The standard InChI is InChI=1S/C22H37N5O3/c1-7-22(8-2,27-20(29)30-21(4,5)6)15-26-19(24-9-3)25-14-16-11-10-12-17(13-16)18(23)28/h10-13H,7-9,14-15H2,1-6H3,(H2,23,28)(H,27,29)(H2,24,25,26). The van der Waals surface area contributed by atoms with Crippen LogP contribution < -0.4 is 21.7 Å². The molecule has 0 aliphatic carbocycles. The monoisotopic (exact) mass is 419 g/mol. The van der Waals surface area contributed by atoms with Gasteiger partial charge in [0.1, 0.15) is 5.60 Å². The highest BCUT2D eigenvalue weighted by Crippen LogP contribution is 2.16. The first-order valence-electron chi connectivity index (χ1n) is 10.5. The Balaban J connectivity index is 2.86. The van der Waals surface area contributed by atoms with Crippen molar-refractivity contribution in [2.75, 3.05) is 13.1 Å². The number of benzene rings is 1. The molecule has 8 heteroatoms. The lowest BCUT2D eigenvalue weighted by Crippen LogP contribution is -2.57. The molecule has 0 heterocycles. The Hall–Kier alpha value is -2.77. The number of nitrogens with one attached hydrogen (secondary N) is 3. The van der Waals surface area contributed by atoms with Crippen LogP contribution in [0.4, 0.5) is 4.79 Å². The number of nitrogens with zero attached hydrogens (tertiary/aromatic N) is 1. The van der Waals surface area contributed by atoms with Gasteiger partial charge in [-0.15, -0.1) is 0 Å². The number of carbonyl (C=O) groups is 2. The van der Waals surface area contributed by atoms with Gasteiger partial charge in [-0.05, 0) is 58.2 Å². The van der Waals surface area contributed by atoms with E-state index in [2.05, 4.69) is 20.9 Å². The minimum Gasteiger partial charge on any atom is -0.444 e. The Morgan fingerprint density at radius 1 is 1.10 bits per heavy atom. The van der Waals surface area contributed by atoms with E-state index in [4.69, 9.17) is 10.5 Å². The molecule has 1 rings (SSSR count). The summed E-state index contributed by atoms with van der Waals surface area (Å²) in [7, 11) is 0. The first kappa shape index (κ1) is 25.3. The molecule has 2 amide bonds. The Labute approximate surface area is 180 Å². The molecule has 1 aromatic carbocycles. The third kappa shape index (κ3) is 8.71. The summed E-state index contributed by atoms with van der Waals surface area (Å²) in [5, 5.41) is 9.54. The number of nitrogens with two attached hydrogens (primary N) is 1. The molecule has 168 valence electrons. The molecule has 0 radical (unpaired) electrons. The molecule has 0 saturated carbocycles. The highest BCUT2D eigenvalue weighted by atomic mass is 16.6. The smallest absolute Gasteiger partial charge is 0.408 e. The quantitative estimate of drug-likeness (QED) is 0.363. The van der Waals surface area contributed by atoms with E-state index in [0.29, 0.717) is 31.2 Å². The first-order valence-corrected chi connectivity index (χ1v) is 10.5. The number of carbonyl (C=O) groups excluding carboxylic acids is 2. The van der Waals surface area contributed by atoms with E-state index >= 15 is 0 Å². The van der Waals surface area contributed by atoms with Crippen molar-refractivity contribution in [3.63, 3.8) is 0 Å². The summed E-state index contributed by atoms with van der Waals surface area (Å²) in [4.78, 5) is 28.3. The van der Waals surface area contributed by atoms with E-state index in [-0.39, 0.29) is 0 Å². The zero-order chi connectivity index (χ0) is 22.8. The highest BCUT2D eigenvalue weighted by molar-refractivity contribution is 5.92. The van der Waals surface area contributed by atoms with Gasteiger partial charge in [-0.25, -0.2) is 9.79 Å². The zero-order valence-corrected chi connectivity index (χ0v) is 19.1. The molecule has 0 saturated heterocycles. The van der Waals surface area contributed by atoms with Gasteiger partial charge >= 0.3 is 6.09 Å². The summed E-state index contributed by atoms with van der Waals surface area (Å²) in [6.07, 6.45) is 1.03. The number of primary amides is 1. The molecular formula is C22H37N5O3. The van der Waals surface area contributed by atoms with Crippen molar-refractivity contribution in [3.05, 3.63) is 35.4 Å². The fourth-order valence-electron chi connectivity index (χ4n) is 2.83. The van der Waals surface area contributed by atoms with Crippen LogP contribution in [0.1, 0.15) is 70.3 Å². The maximum atomic E-state index is 12.3. The number of aliphatic imine (C=N–C) groups is 1. The highest BCUT2D eigenvalue weighted by Gasteiger charge is 2.30. The number of rotatable bonds is 9. The Kier molecular flexibility index (Phi) is 9.62. The van der Waals surface area contributed by atoms with Crippen LogP contribution >= 0.6 is 0 Å². The fourth-order valence-corrected chi connectivity index (χ4v) is 2.83. The largest absolute Gasteiger partial charge is 0.444 e. The number of hydrogen-bond acceptors (Lipinski definition) is 4. The second-order valence-corrected chi connectivity index (χ2v) is 8.23. The number of amides is 2. The van der Waals surface area contributed by atoms with E-state index in [1.165, 1.54) is 0 Å². The molecule has 1 aromatic rings. The van der Waals surface area contributed by atoms with E-state index in [1.54, 1.807) is 18.2 Å². The van der Waals surface area contributed by atoms with E-state index in [0.717, 1.165) is 18.4 Å². The van der Waals surface area contributed by atoms with Gasteiger partial charge in [-0.3, -0.25) is 4.79 Å². The summed E-state index contributed by atoms with van der Waals surface area (Å²) >= 11 is 0. The van der Waals surface area contributed by atoms with Crippen molar-refractivity contribution in [3.8, 4) is 0 Å². The summed E-state index contributed by atoms with van der Waals surface area (Å²) in [6.45, 7) is 13.1. The van der Waals surface area contributed by atoms with Gasteiger partial charge in [-0.2, -0.15) is 0 Å². The van der Waals surface area contributed by atoms with Crippen LogP contribution in [0.25, 0.3) is 0 Å². The molecule has 0 fully saturated rings. The SMILES string of the molecule is CCNC(=NCc1cccc(C(N)=O)c1)NCC(CC)(CC)NC(=O)OC(C)(C)C. The first-order chi connectivity index (χ1) is 14.0. The van der Waals surface area contributed by atoms with Crippen molar-refractivity contribution in [1.29, 1.82) is 0 Å². The van der Waals surface area contributed by atoms with Crippen LogP contribution in [0.5, 0.6) is 0 Å². The van der Waals surface area contributed by atoms with E-state index in [9.17, 15) is 9.59 Å². The Bertz CT molecular complexity index is 737. The number of alkyl carbamates (subject to hydrolysis) is 1. The maximum absolute atomic E-state index is 12.3. The molecule has 0 aliphatic rings. The average Bonchev–Trinajstić information content (AvgIpc) is 2.67. The summed E-state index contributed by atoms with van der Waals surface area (Å²) in [5.74, 6) is 0.161. The van der Waals surface area contributed by atoms with E-state index in [1.807, 2.05) is 47.6 Å². The van der Waals surface area contributed by atoms with Gasteiger partial charge in [0.2, 0.25) is 5.91 Å². The third-order valence-corrected chi connectivity index (χ3v) is 4.69. The zero-order valence-electron chi connectivity index (χ0n) is 19.1. The van der Waals surface area contributed by atoms with Crippen LogP contribution in [-0.4, -0.2) is 42.2 Å². The van der Waals surface area contributed by atoms with Gasteiger partial charge in [0.15, 0.2) is 5.96 Å². The molecule has 30 heavy (non-hydrogen) atoms. The lowest BCUT2D eigenvalue weighted by atomic mass is 9.93. The molecule has 8 nitrogen and oxygen atoms in total. The summed E-state index contributed by atoms with van der Waals surface area (Å²) < 4.78 is 5.43. The Morgan fingerprint density at radius 2 is 1.77 bits per heavy atom. The lowest BCUT2D eigenvalue weighted by molar-refractivity contribution is 0.0448. The van der Waals surface area contributed by atoms with Crippen molar-refractivity contribution >= 4 is 18.0 Å². The topological polar surface area (TPSA) is 118 Å². The summed E-state index contributed by atoms with van der Waals surface area (Å²) in [6, 6.07) is 7.10. The van der Waals surface area contributed by atoms with Gasteiger partial charge in [0.25, 0.3) is 0 Å². The van der Waals surface area contributed by atoms with Gasteiger partial charge in [0, 0.05) is 18.7 Å². The van der Waals surface area contributed by atoms with Crippen molar-refractivity contribution < 1.29 is 14.3 Å². The lowest BCUT2D eigenvalue weighted by Gasteiger charge is -2.34. The predicted octanol–water partition coefficient (Wildman–Crippen LogP) is 2.92. The normalized spacial score (nSPS) is 12.3. The second-order valence-electron chi connectivity index (χ2n) is 8.23. The third-order valence-electron chi connectivity index (χ3n) is 4.69. The van der Waals surface area contributed by atoms with Crippen molar-refractivity contribution in [2.24, 2.45) is 10.7 Å². The molecule has 0 aliphatic heterocycles. The number of ether oxygens (including phenoxy) is 1. The summed E-state index contributed by atoms with van der Waals surface area (Å²) in [5.41, 5.74) is 5.66. The molecular weight excluding hydrogens is 382 g/mol.